The molecule has 236 valence electrons. The number of carbonyl (C=O) groups excluding carboxylic acids is 2. The zero-order valence-electron chi connectivity index (χ0n) is 26.7. The molecule has 0 spiro atoms. The number of benzene rings is 4. The Morgan fingerprint density at radius 1 is 0.848 bits per heavy atom. The molecule has 1 heterocycles. The molecule has 0 saturated carbocycles. The SMILES string of the molecule is Cc1oc(-c2ccccc2)nc1CCOc1ccc(CC(CNC(=O)CC(C)C)Nc2ccccc2C(=O)c2ccccc2)cc1. The van der Waals surface area contributed by atoms with Gasteiger partial charge >= 0.3 is 0 Å². The second-order valence-electron chi connectivity index (χ2n) is 11.8. The van der Waals surface area contributed by atoms with Crippen LogP contribution in [0.15, 0.2) is 114 Å². The molecule has 0 aliphatic carbocycles. The number of amides is 1. The number of nitrogens with zero attached hydrogens (tertiary/aromatic N) is 1. The summed E-state index contributed by atoms with van der Waals surface area (Å²) in [7, 11) is 0. The lowest BCUT2D eigenvalue weighted by molar-refractivity contribution is -0.121. The zero-order valence-corrected chi connectivity index (χ0v) is 26.7. The van der Waals surface area contributed by atoms with Crippen molar-refractivity contribution in [2.24, 2.45) is 5.92 Å². The van der Waals surface area contributed by atoms with E-state index in [1.54, 1.807) is 0 Å². The largest absolute Gasteiger partial charge is 0.493 e. The fourth-order valence-electron chi connectivity index (χ4n) is 5.26. The summed E-state index contributed by atoms with van der Waals surface area (Å²) in [6, 6.07) is 34.5. The van der Waals surface area contributed by atoms with Gasteiger partial charge in [0.2, 0.25) is 11.8 Å². The average molecular weight is 616 g/mol. The van der Waals surface area contributed by atoms with E-state index < -0.39 is 0 Å². The van der Waals surface area contributed by atoms with Crippen molar-refractivity contribution in [3.05, 3.63) is 137 Å². The van der Waals surface area contributed by atoms with Crippen LogP contribution in [0.2, 0.25) is 0 Å². The standard InChI is InChI=1S/C39H41N3O4/c1-27(2)24-37(43)40-26-32(41-36-17-11-10-16-34(36)38(44)30-12-6-4-7-13-30)25-29-18-20-33(21-19-29)45-23-22-35-28(3)46-39(42-35)31-14-8-5-9-15-31/h4-21,27,32,41H,22-26H2,1-3H3,(H,40,43). The maximum atomic E-state index is 13.4. The van der Waals surface area contributed by atoms with E-state index in [9.17, 15) is 9.59 Å². The van der Waals surface area contributed by atoms with Crippen molar-refractivity contribution in [2.45, 2.75) is 46.1 Å². The number of carbonyl (C=O) groups is 2. The number of aromatic nitrogens is 1. The topological polar surface area (TPSA) is 93.5 Å². The highest BCUT2D eigenvalue weighted by Gasteiger charge is 2.18. The Balaban J connectivity index is 1.23. The number of para-hydroxylation sites is 1. The van der Waals surface area contributed by atoms with Crippen LogP contribution in [0.5, 0.6) is 5.75 Å². The van der Waals surface area contributed by atoms with Gasteiger partial charge in [-0.25, -0.2) is 4.98 Å². The molecule has 46 heavy (non-hydrogen) atoms. The van der Waals surface area contributed by atoms with E-state index in [0.717, 1.165) is 34.0 Å². The third-order valence-electron chi connectivity index (χ3n) is 7.63. The number of anilines is 1. The zero-order chi connectivity index (χ0) is 32.3. The third kappa shape index (κ3) is 8.94. The predicted octanol–water partition coefficient (Wildman–Crippen LogP) is 7.69. The van der Waals surface area contributed by atoms with E-state index in [2.05, 4.69) is 15.6 Å². The predicted molar refractivity (Wildman–Crippen MR) is 182 cm³/mol. The average Bonchev–Trinajstić information content (AvgIpc) is 3.45. The molecule has 5 aromatic rings. The maximum absolute atomic E-state index is 13.4. The molecule has 0 saturated heterocycles. The number of oxazole rings is 1. The molecule has 0 aliphatic heterocycles. The van der Waals surface area contributed by atoms with Gasteiger partial charge in [-0.2, -0.15) is 0 Å². The van der Waals surface area contributed by atoms with Gasteiger partial charge in [-0.3, -0.25) is 9.59 Å². The van der Waals surface area contributed by atoms with Crippen molar-refractivity contribution < 1.29 is 18.7 Å². The molecule has 0 fully saturated rings. The van der Waals surface area contributed by atoms with Crippen molar-refractivity contribution in [1.29, 1.82) is 0 Å². The molecule has 0 aliphatic rings. The van der Waals surface area contributed by atoms with E-state index in [0.29, 0.717) is 49.4 Å². The summed E-state index contributed by atoms with van der Waals surface area (Å²) >= 11 is 0. The van der Waals surface area contributed by atoms with Gasteiger partial charge in [0, 0.05) is 47.8 Å². The highest BCUT2D eigenvalue weighted by Crippen LogP contribution is 2.24. The first kappa shape index (κ1) is 32.2. The summed E-state index contributed by atoms with van der Waals surface area (Å²) in [5.74, 6) is 2.41. The van der Waals surface area contributed by atoms with E-state index in [1.807, 2.05) is 130 Å². The molecule has 4 aromatic carbocycles. The minimum absolute atomic E-state index is 0.0115. The van der Waals surface area contributed by atoms with Gasteiger partial charge in [0.1, 0.15) is 11.5 Å². The maximum Gasteiger partial charge on any atom is 0.226 e. The number of aryl methyl sites for hydroxylation is 1. The summed E-state index contributed by atoms with van der Waals surface area (Å²) in [6.07, 6.45) is 1.73. The van der Waals surface area contributed by atoms with Crippen LogP contribution in [-0.2, 0) is 17.6 Å². The number of nitrogens with one attached hydrogen (secondary N) is 2. The third-order valence-corrected chi connectivity index (χ3v) is 7.63. The van der Waals surface area contributed by atoms with Gasteiger partial charge in [-0.15, -0.1) is 0 Å². The van der Waals surface area contributed by atoms with Gasteiger partial charge < -0.3 is 19.8 Å². The molecule has 0 bridgehead atoms. The van der Waals surface area contributed by atoms with E-state index in [-0.39, 0.29) is 23.7 Å². The molecule has 1 atom stereocenters. The van der Waals surface area contributed by atoms with Crippen LogP contribution in [0.3, 0.4) is 0 Å². The van der Waals surface area contributed by atoms with Crippen LogP contribution < -0.4 is 15.4 Å². The Hall–Kier alpha value is -5.17. The fourth-order valence-corrected chi connectivity index (χ4v) is 5.26. The monoisotopic (exact) mass is 615 g/mol. The second-order valence-corrected chi connectivity index (χ2v) is 11.8. The molecular weight excluding hydrogens is 574 g/mol. The highest BCUT2D eigenvalue weighted by molar-refractivity contribution is 6.12. The molecule has 7 nitrogen and oxygen atoms in total. The molecular formula is C39H41N3O4. The van der Waals surface area contributed by atoms with Gasteiger partial charge in [-0.05, 0) is 61.2 Å². The smallest absolute Gasteiger partial charge is 0.226 e. The van der Waals surface area contributed by atoms with Crippen molar-refractivity contribution in [1.82, 2.24) is 10.3 Å². The lowest BCUT2D eigenvalue weighted by Gasteiger charge is -2.23. The van der Waals surface area contributed by atoms with Gasteiger partial charge in [0.15, 0.2) is 5.78 Å². The first-order valence-corrected chi connectivity index (χ1v) is 15.8. The van der Waals surface area contributed by atoms with Crippen LogP contribution in [0.4, 0.5) is 5.69 Å². The lowest BCUT2D eigenvalue weighted by Crippen LogP contribution is -2.38. The van der Waals surface area contributed by atoms with Gasteiger partial charge in [-0.1, -0.05) is 86.6 Å². The van der Waals surface area contributed by atoms with E-state index in [4.69, 9.17) is 9.15 Å². The lowest BCUT2D eigenvalue weighted by atomic mass is 10.00. The molecule has 5 rings (SSSR count). The first-order chi connectivity index (χ1) is 22.4. The normalized spacial score (nSPS) is 11.7. The van der Waals surface area contributed by atoms with Crippen LogP contribution in [0.25, 0.3) is 11.5 Å². The van der Waals surface area contributed by atoms with Crippen LogP contribution >= 0.6 is 0 Å². The molecule has 1 unspecified atom stereocenters. The highest BCUT2D eigenvalue weighted by atomic mass is 16.5. The Kier molecular flexibility index (Phi) is 11.0. The molecule has 2 N–H and O–H groups in total. The van der Waals surface area contributed by atoms with Crippen molar-refractivity contribution >= 4 is 17.4 Å². The fraction of sp³-hybridized carbons (Fsp3) is 0.256. The molecule has 1 amide bonds. The Morgan fingerprint density at radius 3 is 2.24 bits per heavy atom. The summed E-state index contributed by atoms with van der Waals surface area (Å²) < 4.78 is 11.9. The number of hydrogen-bond acceptors (Lipinski definition) is 6. The van der Waals surface area contributed by atoms with Crippen molar-refractivity contribution in [3.8, 4) is 17.2 Å². The molecule has 0 radical (unpaired) electrons. The van der Waals surface area contributed by atoms with Crippen molar-refractivity contribution in [3.63, 3.8) is 0 Å². The quantitative estimate of drug-likeness (QED) is 0.117. The number of ketones is 1. The Bertz CT molecular complexity index is 1710. The van der Waals surface area contributed by atoms with Crippen LogP contribution in [0.1, 0.15) is 53.2 Å². The Labute approximate surface area is 271 Å². The van der Waals surface area contributed by atoms with Gasteiger partial charge in [0.05, 0.1) is 12.3 Å². The minimum atomic E-state index is -0.151. The minimum Gasteiger partial charge on any atom is -0.493 e. The summed E-state index contributed by atoms with van der Waals surface area (Å²) in [5.41, 5.74) is 4.87. The summed E-state index contributed by atoms with van der Waals surface area (Å²) in [6.45, 7) is 6.87. The first-order valence-electron chi connectivity index (χ1n) is 15.8. The van der Waals surface area contributed by atoms with Crippen molar-refractivity contribution in [2.75, 3.05) is 18.5 Å². The second kappa shape index (κ2) is 15.7. The Morgan fingerprint density at radius 2 is 1.52 bits per heavy atom. The number of ether oxygens (including phenoxy) is 1. The van der Waals surface area contributed by atoms with E-state index in [1.165, 1.54) is 0 Å². The number of hydrogen-bond donors (Lipinski definition) is 2. The molecule has 7 heteroatoms. The molecule has 1 aromatic heterocycles. The van der Waals surface area contributed by atoms with E-state index >= 15 is 0 Å². The van der Waals surface area contributed by atoms with Crippen LogP contribution in [0, 0.1) is 12.8 Å². The summed E-state index contributed by atoms with van der Waals surface area (Å²) in [4.78, 5) is 30.6. The van der Waals surface area contributed by atoms with Crippen LogP contribution in [-0.4, -0.2) is 35.9 Å². The van der Waals surface area contributed by atoms with Gasteiger partial charge in [0.25, 0.3) is 0 Å². The number of rotatable bonds is 15. The summed E-state index contributed by atoms with van der Waals surface area (Å²) in [5, 5.41) is 6.64.